The average Bonchev–Trinajstić information content (AvgIpc) is 3.25. The molecule has 4 aromatic rings. The molecule has 1 aliphatic carbocycles. The molecule has 2 atom stereocenters. The van der Waals surface area contributed by atoms with Gasteiger partial charge in [-0.3, -0.25) is 4.68 Å². The summed E-state index contributed by atoms with van der Waals surface area (Å²) in [6.07, 6.45) is 2.08. The van der Waals surface area contributed by atoms with Gasteiger partial charge in [-0.25, -0.2) is 31.9 Å². The first-order chi connectivity index (χ1) is 18.9. The van der Waals surface area contributed by atoms with Crippen molar-refractivity contribution in [3.8, 4) is 22.1 Å². The quantitative estimate of drug-likeness (QED) is 0.333. The lowest BCUT2D eigenvalue weighted by molar-refractivity contribution is 0.150. The third-order valence-corrected chi connectivity index (χ3v) is 9.69. The molecule has 1 saturated carbocycles. The number of hydrogen-bond acceptors (Lipinski definition) is 10. The van der Waals surface area contributed by atoms with Crippen LogP contribution in [-0.2, 0) is 17.1 Å². The van der Waals surface area contributed by atoms with Crippen LogP contribution in [0.15, 0.2) is 29.4 Å². The number of nitrogens with zero attached hydrogens (tertiary/aromatic N) is 7. The molecule has 1 aliphatic heterocycles. The zero-order valence-corrected chi connectivity index (χ0v) is 24.0. The monoisotopic (exact) mass is 589 g/mol. The number of sulfonamides is 1. The van der Waals surface area contributed by atoms with E-state index in [-0.39, 0.29) is 27.7 Å². The van der Waals surface area contributed by atoms with E-state index in [2.05, 4.69) is 44.1 Å². The summed E-state index contributed by atoms with van der Waals surface area (Å²) in [5.41, 5.74) is 1.49. The second-order valence-corrected chi connectivity index (χ2v) is 13.6. The number of alkyl halides is 2. The van der Waals surface area contributed by atoms with E-state index < -0.39 is 27.0 Å². The van der Waals surface area contributed by atoms with Crippen molar-refractivity contribution in [2.45, 2.75) is 62.6 Å². The van der Waals surface area contributed by atoms with Crippen LogP contribution in [-0.4, -0.2) is 69.1 Å². The number of fused-ring (bicyclic) bond motifs is 1. The predicted molar refractivity (Wildman–Crippen MR) is 148 cm³/mol. The lowest BCUT2D eigenvalue weighted by Crippen LogP contribution is -2.54. The van der Waals surface area contributed by atoms with E-state index in [0.29, 0.717) is 41.1 Å². The Morgan fingerprint density at radius 1 is 1.15 bits per heavy atom. The van der Waals surface area contributed by atoms with Crippen molar-refractivity contribution in [1.29, 1.82) is 0 Å². The number of aromatic nitrogens is 6. The van der Waals surface area contributed by atoms with Gasteiger partial charge < -0.3 is 10.2 Å². The fourth-order valence-electron chi connectivity index (χ4n) is 5.03. The third-order valence-electron chi connectivity index (χ3n) is 7.14. The van der Waals surface area contributed by atoms with E-state index in [9.17, 15) is 17.2 Å². The van der Waals surface area contributed by atoms with E-state index in [1.165, 1.54) is 6.07 Å². The van der Waals surface area contributed by atoms with Crippen LogP contribution in [0.1, 0.15) is 45.0 Å². The van der Waals surface area contributed by atoms with Gasteiger partial charge in [0.05, 0.1) is 27.9 Å². The minimum absolute atomic E-state index is 0.0551. The van der Waals surface area contributed by atoms with Gasteiger partial charge in [-0.2, -0.15) is 5.10 Å². The molecule has 212 valence electrons. The zero-order valence-electron chi connectivity index (χ0n) is 22.4. The first kappa shape index (κ1) is 27.1. The second-order valence-electron chi connectivity index (χ2n) is 10.9. The highest BCUT2D eigenvalue weighted by molar-refractivity contribution is 7.89. The van der Waals surface area contributed by atoms with Gasteiger partial charge in [0.1, 0.15) is 5.69 Å². The summed E-state index contributed by atoms with van der Waals surface area (Å²) in [5.74, 6) is 0.320. The Kier molecular flexibility index (Phi) is 6.59. The second kappa shape index (κ2) is 9.75. The summed E-state index contributed by atoms with van der Waals surface area (Å²) in [5, 5.41) is 15.5. The lowest BCUT2D eigenvalue weighted by Gasteiger charge is -2.38. The van der Waals surface area contributed by atoms with Crippen molar-refractivity contribution < 1.29 is 17.2 Å². The van der Waals surface area contributed by atoms with Crippen LogP contribution >= 0.6 is 11.3 Å². The highest BCUT2D eigenvalue weighted by atomic mass is 32.2. The van der Waals surface area contributed by atoms with Crippen molar-refractivity contribution in [3.63, 3.8) is 0 Å². The van der Waals surface area contributed by atoms with Gasteiger partial charge in [0.25, 0.3) is 6.43 Å². The SMILES string of the molecule is CC1CN(c2cc(S(=O)(=O)NC3(C)CC3)cc3c(-c4nnc(C(F)F)s4)nc(-c4cnn(C)c4)nc23)CC(C)N1. The molecule has 0 spiro atoms. The maximum atomic E-state index is 13.6. The average molecular weight is 590 g/mol. The van der Waals surface area contributed by atoms with Gasteiger partial charge in [0.2, 0.25) is 10.0 Å². The Balaban J connectivity index is 1.64. The van der Waals surface area contributed by atoms with Gasteiger partial charge in [-0.1, -0.05) is 11.3 Å². The molecule has 0 amide bonds. The zero-order chi connectivity index (χ0) is 28.4. The highest BCUT2D eigenvalue weighted by Gasteiger charge is 2.41. The van der Waals surface area contributed by atoms with Crippen molar-refractivity contribution in [2.24, 2.45) is 7.05 Å². The number of rotatable bonds is 7. The third kappa shape index (κ3) is 5.18. The van der Waals surface area contributed by atoms with Crippen molar-refractivity contribution in [1.82, 2.24) is 40.0 Å². The van der Waals surface area contributed by atoms with Crippen LogP contribution in [0, 0.1) is 0 Å². The van der Waals surface area contributed by atoms with Crippen molar-refractivity contribution in [3.05, 3.63) is 29.5 Å². The molecule has 11 nitrogen and oxygen atoms in total. The van der Waals surface area contributed by atoms with Crippen LogP contribution in [0.3, 0.4) is 0 Å². The van der Waals surface area contributed by atoms with Crippen molar-refractivity contribution in [2.75, 3.05) is 18.0 Å². The summed E-state index contributed by atoms with van der Waals surface area (Å²) in [7, 11) is -2.15. The van der Waals surface area contributed by atoms with E-state index in [1.54, 1.807) is 30.2 Å². The van der Waals surface area contributed by atoms with Crippen LogP contribution in [0.2, 0.25) is 0 Å². The summed E-state index contributed by atoms with van der Waals surface area (Å²) >= 11 is 0.722. The molecule has 1 aromatic carbocycles. The molecule has 2 unspecified atom stereocenters. The molecule has 2 N–H and O–H groups in total. The summed E-state index contributed by atoms with van der Waals surface area (Å²) in [6.45, 7) is 7.23. The number of nitrogens with one attached hydrogen (secondary N) is 2. The van der Waals surface area contributed by atoms with Crippen LogP contribution in [0.25, 0.3) is 33.0 Å². The fraction of sp³-hybridized carbons (Fsp3) is 0.480. The minimum atomic E-state index is -3.92. The molecule has 0 bridgehead atoms. The molecular formula is C25H29F2N9O2S2. The van der Waals surface area contributed by atoms with Crippen LogP contribution < -0.4 is 14.9 Å². The van der Waals surface area contributed by atoms with Crippen LogP contribution in [0.4, 0.5) is 14.5 Å². The van der Waals surface area contributed by atoms with Crippen LogP contribution in [0.5, 0.6) is 0 Å². The van der Waals surface area contributed by atoms with Gasteiger partial charge in [-0.15, -0.1) is 10.2 Å². The number of piperazine rings is 1. The number of anilines is 1. The van der Waals surface area contributed by atoms with Crippen molar-refractivity contribution >= 4 is 38.0 Å². The number of hydrogen-bond donors (Lipinski definition) is 2. The molecule has 3 aromatic heterocycles. The normalized spacial score (nSPS) is 20.9. The maximum absolute atomic E-state index is 13.6. The van der Waals surface area contributed by atoms with Gasteiger partial charge in [0.15, 0.2) is 15.8 Å². The van der Waals surface area contributed by atoms with Gasteiger partial charge >= 0.3 is 0 Å². The Morgan fingerprint density at radius 3 is 2.48 bits per heavy atom. The first-order valence-corrected chi connectivity index (χ1v) is 15.2. The topological polar surface area (TPSA) is 131 Å². The number of halogens is 2. The maximum Gasteiger partial charge on any atom is 0.291 e. The fourth-order valence-corrected chi connectivity index (χ4v) is 7.24. The standard InChI is InChI=1S/C25H29F2N9O2S2/c1-13-10-36(11-14(2)29-13)18-8-16(40(37,38)34-25(3)5-6-25)7-17-19(18)30-22(15-9-28-35(4)12-15)31-20(17)23-32-33-24(39-23)21(26)27/h7-9,12-14,21,29,34H,5-6,10-11H2,1-4H3. The Labute approximate surface area is 234 Å². The Morgan fingerprint density at radius 2 is 1.88 bits per heavy atom. The lowest BCUT2D eigenvalue weighted by atomic mass is 10.1. The van der Waals surface area contributed by atoms with E-state index in [0.717, 1.165) is 24.2 Å². The smallest absolute Gasteiger partial charge is 0.291 e. The predicted octanol–water partition coefficient (Wildman–Crippen LogP) is 3.50. The van der Waals surface area contributed by atoms with E-state index in [4.69, 9.17) is 9.97 Å². The van der Waals surface area contributed by atoms with E-state index in [1.807, 2.05) is 6.92 Å². The minimum Gasteiger partial charge on any atom is -0.367 e. The van der Waals surface area contributed by atoms with Gasteiger partial charge in [-0.05, 0) is 45.7 Å². The molecule has 4 heterocycles. The summed E-state index contributed by atoms with van der Waals surface area (Å²) in [4.78, 5) is 11.8. The molecule has 6 rings (SSSR count). The highest BCUT2D eigenvalue weighted by Crippen LogP contribution is 2.40. The molecular weight excluding hydrogens is 560 g/mol. The van der Waals surface area contributed by atoms with Gasteiger partial charge in [0, 0.05) is 49.3 Å². The number of aryl methyl sites for hydroxylation is 1. The number of benzene rings is 1. The molecule has 0 radical (unpaired) electrons. The first-order valence-electron chi connectivity index (χ1n) is 12.9. The molecule has 2 fully saturated rings. The Hall–Kier alpha value is -3.14. The molecule has 2 aliphatic rings. The summed E-state index contributed by atoms with van der Waals surface area (Å²) < 4.78 is 58.6. The molecule has 40 heavy (non-hydrogen) atoms. The largest absolute Gasteiger partial charge is 0.367 e. The molecule has 15 heteroatoms. The summed E-state index contributed by atoms with van der Waals surface area (Å²) in [6, 6.07) is 3.43. The Bertz CT molecular complexity index is 1690. The van der Waals surface area contributed by atoms with E-state index >= 15 is 0 Å². The molecule has 1 saturated heterocycles.